The normalized spacial score (nSPS) is 17.6. The van der Waals surface area contributed by atoms with Crippen molar-refractivity contribution in [3.8, 4) is 0 Å². The molecule has 1 fully saturated rings. The molecule has 0 saturated carbocycles. The first kappa shape index (κ1) is 18.3. The van der Waals surface area contributed by atoms with E-state index in [0.29, 0.717) is 12.5 Å². The number of nitrogens with one attached hydrogen (secondary N) is 1. The van der Waals surface area contributed by atoms with E-state index in [2.05, 4.69) is 17.1 Å². The number of fused-ring (bicyclic) bond motifs is 1. The molecule has 0 bridgehead atoms. The van der Waals surface area contributed by atoms with Crippen molar-refractivity contribution in [1.82, 2.24) is 9.72 Å². The van der Waals surface area contributed by atoms with Crippen LogP contribution in [0.2, 0.25) is 0 Å². The molecule has 0 radical (unpaired) electrons. The van der Waals surface area contributed by atoms with Crippen LogP contribution in [0.4, 0.5) is 5.69 Å². The monoisotopic (exact) mass is 351 g/mol. The fourth-order valence-electron chi connectivity index (χ4n) is 3.15. The summed E-state index contributed by atoms with van der Waals surface area (Å²) in [4.78, 5) is 25.9. The number of rotatable bonds is 3. The van der Waals surface area contributed by atoms with Gasteiger partial charge in [-0.05, 0) is 37.1 Å². The van der Waals surface area contributed by atoms with Gasteiger partial charge in [0.2, 0.25) is 0 Å². The van der Waals surface area contributed by atoms with Gasteiger partial charge < -0.3 is 15.3 Å². The molecular formula is C17H22ClN3O3. The molecule has 0 aliphatic carbocycles. The number of anilines is 1. The van der Waals surface area contributed by atoms with Gasteiger partial charge in [0.25, 0.3) is 5.56 Å². The molecule has 6 nitrogen and oxygen atoms in total. The minimum Gasteiger partial charge on any atom is -0.477 e. The Morgan fingerprint density at radius 1 is 1.42 bits per heavy atom. The van der Waals surface area contributed by atoms with Crippen molar-refractivity contribution >= 4 is 29.6 Å². The molecule has 2 aromatic heterocycles. The first-order chi connectivity index (χ1) is 11.0. The van der Waals surface area contributed by atoms with Gasteiger partial charge in [0, 0.05) is 37.6 Å². The standard InChI is InChI=1S/C17H21N3O3.ClH/c1-3-12-8-14(17(22)23)16(21)20-6-4-13(9-15(12)20)19-7-5-18-11(2)10-19;/h4,6,8-9,11,18H,3,5,7,10H2,1-2H3,(H,22,23);1H. The molecular weight excluding hydrogens is 330 g/mol. The number of carboxylic acid groups (broad SMARTS) is 1. The highest BCUT2D eigenvalue weighted by Crippen LogP contribution is 2.21. The van der Waals surface area contributed by atoms with E-state index in [9.17, 15) is 14.7 Å². The van der Waals surface area contributed by atoms with E-state index in [-0.39, 0.29) is 18.0 Å². The molecule has 1 saturated heterocycles. The molecule has 2 N–H and O–H groups in total. The number of halogens is 1. The zero-order valence-corrected chi connectivity index (χ0v) is 14.6. The van der Waals surface area contributed by atoms with Crippen LogP contribution in [0.15, 0.2) is 29.2 Å². The van der Waals surface area contributed by atoms with Crippen LogP contribution >= 0.6 is 12.4 Å². The van der Waals surface area contributed by atoms with Gasteiger partial charge >= 0.3 is 5.97 Å². The Labute approximate surface area is 146 Å². The van der Waals surface area contributed by atoms with Gasteiger partial charge in [0.05, 0.1) is 5.52 Å². The number of hydrogen-bond acceptors (Lipinski definition) is 4. The summed E-state index contributed by atoms with van der Waals surface area (Å²) in [5.41, 5.74) is 2.06. The number of pyridine rings is 2. The minimum atomic E-state index is -1.18. The van der Waals surface area contributed by atoms with Crippen LogP contribution in [0.25, 0.3) is 5.52 Å². The van der Waals surface area contributed by atoms with Gasteiger partial charge in [-0.1, -0.05) is 6.92 Å². The number of hydrogen-bond donors (Lipinski definition) is 2. The first-order valence-electron chi connectivity index (χ1n) is 7.91. The van der Waals surface area contributed by atoms with Crippen LogP contribution < -0.4 is 15.8 Å². The predicted octanol–water partition coefficient (Wildman–Crippen LogP) is 1.78. The SMILES string of the molecule is CCc1cc(C(=O)O)c(=O)n2ccc(N3CCNC(C)C3)cc12.Cl. The van der Waals surface area contributed by atoms with Crippen molar-refractivity contribution in [2.75, 3.05) is 24.5 Å². The summed E-state index contributed by atoms with van der Waals surface area (Å²) < 4.78 is 1.44. The zero-order valence-electron chi connectivity index (χ0n) is 13.8. The Morgan fingerprint density at radius 3 is 2.79 bits per heavy atom. The Morgan fingerprint density at radius 2 is 2.17 bits per heavy atom. The molecule has 130 valence electrons. The lowest BCUT2D eigenvalue weighted by molar-refractivity contribution is 0.0694. The summed E-state index contributed by atoms with van der Waals surface area (Å²) in [5.74, 6) is -1.18. The Hall–Kier alpha value is -2.05. The van der Waals surface area contributed by atoms with Gasteiger partial charge in [-0.2, -0.15) is 0 Å². The molecule has 2 aromatic rings. The van der Waals surface area contributed by atoms with Gasteiger partial charge in [0.1, 0.15) is 5.56 Å². The van der Waals surface area contributed by atoms with Crippen LogP contribution in [0.5, 0.6) is 0 Å². The van der Waals surface area contributed by atoms with E-state index < -0.39 is 11.5 Å². The van der Waals surface area contributed by atoms with Crippen molar-refractivity contribution in [2.45, 2.75) is 26.3 Å². The molecule has 1 atom stereocenters. The third-order valence-corrected chi connectivity index (χ3v) is 4.38. The fraction of sp³-hybridized carbons (Fsp3) is 0.412. The smallest absolute Gasteiger partial charge is 0.341 e. The predicted molar refractivity (Wildman–Crippen MR) is 96.9 cm³/mol. The Kier molecular flexibility index (Phi) is 5.51. The van der Waals surface area contributed by atoms with Gasteiger partial charge in [-0.15, -0.1) is 12.4 Å². The lowest BCUT2D eigenvalue weighted by Gasteiger charge is -2.33. The van der Waals surface area contributed by atoms with E-state index in [1.807, 2.05) is 19.1 Å². The summed E-state index contributed by atoms with van der Waals surface area (Å²) in [6.07, 6.45) is 2.36. The van der Waals surface area contributed by atoms with Crippen molar-refractivity contribution in [3.05, 3.63) is 45.9 Å². The van der Waals surface area contributed by atoms with Crippen LogP contribution in [0.3, 0.4) is 0 Å². The van der Waals surface area contributed by atoms with Gasteiger partial charge in [0.15, 0.2) is 0 Å². The minimum absolute atomic E-state index is 0. The third-order valence-electron chi connectivity index (χ3n) is 4.38. The van der Waals surface area contributed by atoms with Crippen LogP contribution in [-0.2, 0) is 6.42 Å². The molecule has 3 rings (SSSR count). The summed E-state index contributed by atoms with van der Waals surface area (Å²) >= 11 is 0. The van der Waals surface area contributed by atoms with Crippen LogP contribution in [0, 0.1) is 0 Å². The van der Waals surface area contributed by atoms with Crippen molar-refractivity contribution < 1.29 is 9.90 Å². The number of aromatic nitrogens is 1. The topological polar surface area (TPSA) is 74.0 Å². The Bertz CT molecular complexity index is 819. The van der Waals surface area contributed by atoms with Gasteiger partial charge in [-0.3, -0.25) is 9.20 Å². The summed E-state index contributed by atoms with van der Waals surface area (Å²) in [6.45, 7) is 6.87. The first-order valence-corrected chi connectivity index (χ1v) is 7.91. The highest BCUT2D eigenvalue weighted by atomic mass is 35.5. The second-order valence-electron chi connectivity index (χ2n) is 5.99. The second kappa shape index (κ2) is 7.23. The third kappa shape index (κ3) is 3.25. The van der Waals surface area contributed by atoms with Crippen molar-refractivity contribution in [1.29, 1.82) is 0 Å². The van der Waals surface area contributed by atoms with Crippen LogP contribution in [-0.4, -0.2) is 41.2 Å². The van der Waals surface area contributed by atoms with Crippen LogP contribution in [0.1, 0.15) is 29.8 Å². The molecule has 1 aliphatic heterocycles. The number of aromatic carboxylic acids is 1. The molecule has 0 aromatic carbocycles. The molecule has 1 aliphatic rings. The molecule has 3 heterocycles. The number of carbonyl (C=O) groups is 1. The van der Waals surface area contributed by atoms with E-state index in [4.69, 9.17) is 0 Å². The summed E-state index contributed by atoms with van der Waals surface area (Å²) in [5, 5.41) is 12.6. The quantitative estimate of drug-likeness (QED) is 0.881. The lowest BCUT2D eigenvalue weighted by atomic mass is 10.1. The Balaban J connectivity index is 0.00000208. The number of piperazine rings is 1. The van der Waals surface area contributed by atoms with E-state index in [1.165, 1.54) is 10.5 Å². The molecule has 24 heavy (non-hydrogen) atoms. The largest absolute Gasteiger partial charge is 0.477 e. The highest BCUT2D eigenvalue weighted by Gasteiger charge is 2.18. The fourth-order valence-corrected chi connectivity index (χ4v) is 3.15. The average molecular weight is 352 g/mol. The number of aryl methyl sites for hydroxylation is 1. The molecule has 1 unspecified atom stereocenters. The molecule has 0 amide bonds. The van der Waals surface area contributed by atoms with Gasteiger partial charge in [-0.25, -0.2) is 4.79 Å². The zero-order chi connectivity index (χ0) is 16.6. The maximum atomic E-state index is 12.3. The van der Waals surface area contributed by atoms with Crippen molar-refractivity contribution in [2.24, 2.45) is 0 Å². The maximum Gasteiger partial charge on any atom is 0.341 e. The summed E-state index contributed by atoms with van der Waals surface area (Å²) in [6, 6.07) is 5.80. The maximum absolute atomic E-state index is 12.3. The molecule has 0 spiro atoms. The van der Waals surface area contributed by atoms with Crippen molar-refractivity contribution in [3.63, 3.8) is 0 Å². The van der Waals surface area contributed by atoms with E-state index in [0.717, 1.165) is 36.4 Å². The average Bonchev–Trinajstić information content (AvgIpc) is 2.54. The van der Waals surface area contributed by atoms with E-state index in [1.54, 1.807) is 6.20 Å². The lowest BCUT2D eigenvalue weighted by Crippen LogP contribution is -2.49. The van der Waals surface area contributed by atoms with E-state index >= 15 is 0 Å². The summed E-state index contributed by atoms with van der Waals surface area (Å²) in [7, 11) is 0. The number of carboxylic acids is 1. The highest BCUT2D eigenvalue weighted by molar-refractivity contribution is 5.88. The second-order valence-corrected chi connectivity index (χ2v) is 5.99. The molecule has 7 heteroatoms. The number of nitrogens with zero attached hydrogens (tertiary/aromatic N) is 2.